The fourth-order valence-corrected chi connectivity index (χ4v) is 3.69. The lowest BCUT2D eigenvalue weighted by Gasteiger charge is -2.32. The number of hydrogen-bond donors (Lipinski definition) is 0. The molecule has 0 bridgehead atoms. The maximum atomic E-state index is 6.19. The van der Waals surface area contributed by atoms with Crippen molar-refractivity contribution >= 4 is 18.2 Å². The van der Waals surface area contributed by atoms with Gasteiger partial charge in [-0.25, -0.2) is 0 Å². The van der Waals surface area contributed by atoms with Crippen LogP contribution in [-0.4, -0.2) is 37.3 Å². The van der Waals surface area contributed by atoms with E-state index in [0.29, 0.717) is 13.2 Å². The molecule has 4 rings (SSSR count). The van der Waals surface area contributed by atoms with E-state index in [4.69, 9.17) is 18.8 Å². The molecule has 4 nitrogen and oxygen atoms in total. The van der Waals surface area contributed by atoms with Crippen LogP contribution in [-0.2, 0) is 18.8 Å². The zero-order chi connectivity index (χ0) is 17.7. The molecule has 0 radical (unpaired) electrons. The number of benzene rings is 1. The van der Waals surface area contributed by atoms with Crippen LogP contribution in [0.1, 0.15) is 52.5 Å². The summed E-state index contributed by atoms with van der Waals surface area (Å²) in [7, 11) is -0.318. The molecule has 0 unspecified atom stereocenters. The second-order valence-electron chi connectivity index (χ2n) is 8.25. The topological polar surface area (TPSA) is 36.9 Å². The zero-order valence-corrected chi connectivity index (χ0v) is 15.6. The molecular weight excluding hydrogens is 315 g/mol. The van der Waals surface area contributed by atoms with Gasteiger partial charge < -0.3 is 18.8 Å². The van der Waals surface area contributed by atoms with Gasteiger partial charge in [-0.2, -0.15) is 0 Å². The highest BCUT2D eigenvalue weighted by molar-refractivity contribution is 6.62. The highest BCUT2D eigenvalue weighted by atomic mass is 16.7. The summed E-state index contributed by atoms with van der Waals surface area (Å²) in [4.78, 5) is 0. The van der Waals surface area contributed by atoms with E-state index in [0.717, 1.165) is 24.7 Å². The molecule has 2 saturated heterocycles. The maximum Gasteiger partial charge on any atom is 0.494 e. The molecule has 2 aliphatic heterocycles. The van der Waals surface area contributed by atoms with Crippen LogP contribution in [0.15, 0.2) is 30.3 Å². The van der Waals surface area contributed by atoms with Gasteiger partial charge >= 0.3 is 7.12 Å². The summed E-state index contributed by atoms with van der Waals surface area (Å²) in [5.41, 5.74) is 3.02. The van der Waals surface area contributed by atoms with Crippen LogP contribution in [0.4, 0.5) is 0 Å². The lowest BCUT2D eigenvalue weighted by Crippen LogP contribution is -2.41. The second-order valence-corrected chi connectivity index (χ2v) is 8.25. The van der Waals surface area contributed by atoms with Crippen molar-refractivity contribution in [2.75, 3.05) is 13.2 Å². The molecule has 0 amide bonds. The van der Waals surface area contributed by atoms with Crippen molar-refractivity contribution < 1.29 is 18.8 Å². The second kappa shape index (κ2) is 5.95. The summed E-state index contributed by atoms with van der Waals surface area (Å²) < 4.78 is 24.0. The van der Waals surface area contributed by atoms with Crippen molar-refractivity contribution in [1.82, 2.24) is 0 Å². The third-order valence-electron chi connectivity index (χ3n) is 6.03. The number of rotatable bonds is 2. The number of ether oxygens (including phenoxy) is 2. The fraction of sp³-hybridized carbons (Fsp3) is 0.600. The molecule has 0 atom stereocenters. The van der Waals surface area contributed by atoms with E-state index in [1.165, 1.54) is 11.1 Å². The molecule has 0 saturated carbocycles. The maximum absolute atomic E-state index is 6.19. The number of allylic oxidation sites excluding steroid dienone is 1. The van der Waals surface area contributed by atoms with Crippen LogP contribution < -0.4 is 5.46 Å². The van der Waals surface area contributed by atoms with Gasteiger partial charge in [0.2, 0.25) is 0 Å². The largest absolute Gasteiger partial charge is 0.494 e. The van der Waals surface area contributed by atoms with Gasteiger partial charge in [-0.05, 0) is 50.7 Å². The Labute approximate surface area is 150 Å². The van der Waals surface area contributed by atoms with Crippen LogP contribution in [0.2, 0.25) is 0 Å². The molecule has 2 heterocycles. The molecule has 0 N–H and O–H groups in total. The summed E-state index contributed by atoms with van der Waals surface area (Å²) in [5.74, 6) is -0.368. The van der Waals surface area contributed by atoms with Crippen LogP contribution in [0.3, 0.4) is 0 Å². The SMILES string of the molecule is CC1(C)OB(c2cccc(C3=CCC4(CC3)OCCO4)c2)OC1(C)C. The Hall–Kier alpha value is -1.14. The molecule has 2 fully saturated rings. The summed E-state index contributed by atoms with van der Waals surface area (Å²) in [6.07, 6.45) is 4.97. The summed E-state index contributed by atoms with van der Waals surface area (Å²) in [5, 5.41) is 0. The average Bonchev–Trinajstić information content (AvgIpc) is 3.11. The van der Waals surface area contributed by atoms with Crippen LogP contribution in [0, 0.1) is 0 Å². The molecule has 1 spiro atoms. The smallest absolute Gasteiger partial charge is 0.399 e. The normalized spacial score (nSPS) is 26.9. The van der Waals surface area contributed by atoms with E-state index in [1.54, 1.807) is 0 Å². The molecule has 3 aliphatic rings. The van der Waals surface area contributed by atoms with E-state index in [-0.39, 0.29) is 24.1 Å². The first-order chi connectivity index (χ1) is 11.8. The molecule has 0 aromatic heterocycles. The third kappa shape index (κ3) is 3.08. The van der Waals surface area contributed by atoms with E-state index in [9.17, 15) is 0 Å². The Morgan fingerprint density at radius 3 is 2.24 bits per heavy atom. The minimum absolute atomic E-state index is 0.318. The first-order valence-corrected chi connectivity index (χ1v) is 9.23. The molecule has 5 heteroatoms. The van der Waals surface area contributed by atoms with Crippen molar-refractivity contribution in [1.29, 1.82) is 0 Å². The van der Waals surface area contributed by atoms with E-state index in [2.05, 4.69) is 58.0 Å². The van der Waals surface area contributed by atoms with E-state index < -0.39 is 0 Å². The van der Waals surface area contributed by atoms with Gasteiger partial charge in [0, 0.05) is 12.8 Å². The van der Waals surface area contributed by atoms with Gasteiger partial charge in [-0.3, -0.25) is 0 Å². The predicted molar refractivity (Wildman–Crippen MR) is 98.6 cm³/mol. The van der Waals surface area contributed by atoms with Crippen molar-refractivity contribution in [2.45, 2.75) is 63.9 Å². The molecule has 1 aromatic carbocycles. The fourth-order valence-electron chi connectivity index (χ4n) is 3.69. The van der Waals surface area contributed by atoms with Crippen LogP contribution >= 0.6 is 0 Å². The Balaban J connectivity index is 1.54. The first-order valence-electron chi connectivity index (χ1n) is 9.23. The van der Waals surface area contributed by atoms with Crippen molar-refractivity contribution in [2.24, 2.45) is 0 Å². The van der Waals surface area contributed by atoms with Gasteiger partial charge in [0.05, 0.1) is 24.4 Å². The number of hydrogen-bond acceptors (Lipinski definition) is 4. The molecule has 1 aliphatic carbocycles. The zero-order valence-electron chi connectivity index (χ0n) is 15.6. The Bertz CT molecular complexity index is 673. The van der Waals surface area contributed by atoms with Gasteiger partial charge in [0.15, 0.2) is 5.79 Å². The van der Waals surface area contributed by atoms with Crippen molar-refractivity contribution in [3.63, 3.8) is 0 Å². The first kappa shape index (κ1) is 17.3. The molecule has 134 valence electrons. The minimum atomic E-state index is -0.368. The molecular formula is C20H27BO4. The molecule has 1 aromatic rings. The average molecular weight is 342 g/mol. The lowest BCUT2D eigenvalue weighted by molar-refractivity contribution is -0.159. The van der Waals surface area contributed by atoms with Gasteiger partial charge in [0.1, 0.15) is 0 Å². The Kier molecular flexibility index (Phi) is 4.11. The quantitative estimate of drug-likeness (QED) is 0.773. The summed E-state index contributed by atoms with van der Waals surface area (Å²) >= 11 is 0. The Morgan fingerprint density at radius 2 is 1.64 bits per heavy atom. The highest BCUT2D eigenvalue weighted by Crippen LogP contribution is 2.39. The van der Waals surface area contributed by atoms with Crippen molar-refractivity contribution in [3.05, 3.63) is 35.9 Å². The van der Waals surface area contributed by atoms with Gasteiger partial charge in [0.25, 0.3) is 0 Å². The minimum Gasteiger partial charge on any atom is -0.399 e. The van der Waals surface area contributed by atoms with E-state index >= 15 is 0 Å². The molecule has 25 heavy (non-hydrogen) atoms. The van der Waals surface area contributed by atoms with E-state index in [1.807, 2.05) is 0 Å². The third-order valence-corrected chi connectivity index (χ3v) is 6.03. The standard InChI is InChI=1S/C20H27BO4/c1-18(2)19(3,4)25-21(24-18)17-7-5-6-16(14-17)15-8-10-20(11-9-15)22-12-13-23-20/h5-8,14H,9-13H2,1-4H3. The Morgan fingerprint density at radius 1 is 0.960 bits per heavy atom. The highest BCUT2D eigenvalue weighted by Gasteiger charge is 2.51. The predicted octanol–water partition coefficient (Wildman–Crippen LogP) is 3.30. The van der Waals surface area contributed by atoms with Crippen LogP contribution in [0.5, 0.6) is 0 Å². The van der Waals surface area contributed by atoms with Gasteiger partial charge in [-0.15, -0.1) is 0 Å². The monoisotopic (exact) mass is 342 g/mol. The summed E-state index contributed by atoms with van der Waals surface area (Å²) in [6.45, 7) is 9.76. The van der Waals surface area contributed by atoms with Crippen LogP contribution in [0.25, 0.3) is 5.57 Å². The summed E-state index contributed by atoms with van der Waals surface area (Å²) in [6, 6.07) is 8.53. The lowest BCUT2D eigenvalue weighted by atomic mass is 9.77. The van der Waals surface area contributed by atoms with Crippen molar-refractivity contribution in [3.8, 4) is 0 Å². The van der Waals surface area contributed by atoms with Gasteiger partial charge in [-0.1, -0.05) is 30.3 Å².